The Kier molecular flexibility index (Phi) is 6.27. The zero-order valence-corrected chi connectivity index (χ0v) is 16.7. The van der Waals surface area contributed by atoms with E-state index in [1.54, 1.807) is 6.07 Å². The minimum atomic E-state index is -1.17. The number of primary amides is 1. The molecule has 0 radical (unpaired) electrons. The van der Waals surface area contributed by atoms with E-state index in [-0.39, 0.29) is 30.0 Å². The summed E-state index contributed by atoms with van der Waals surface area (Å²) in [5, 5.41) is 9.73. The molecule has 0 aliphatic carbocycles. The Morgan fingerprint density at radius 1 is 1.24 bits per heavy atom. The predicted molar refractivity (Wildman–Crippen MR) is 108 cm³/mol. The number of amides is 1. The summed E-state index contributed by atoms with van der Waals surface area (Å²) in [6, 6.07) is 9.36. The fourth-order valence-electron chi connectivity index (χ4n) is 3.36. The van der Waals surface area contributed by atoms with Crippen molar-refractivity contribution in [3.63, 3.8) is 0 Å². The van der Waals surface area contributed by atoms with Gasteiger partial charge >= 0.3 is 5.97 Å². The van der Waals surface area contributed by atoms with Gasteiger partial charge in [0.25, 0.3) is 0 Å². The Balaban J connectivity index is 1.98. The van der Waals surface area contributed by atoms with Crippen molar-refractivity contribution < 1.29 is 14.3 Å². The first kappa shape index (κ1) is 20.5. The zero-order valence-electron chi connectivity index (χ0n) is 16.7. The molecule has 0 saturated carbocycles. The van der Waals surface area contributed by atoms with Crippen LogP contribution in [0.15, 0.2) is 24.3 Å². The van der Waals surface area contributed by atoms with Crippen LogP contribution in [-0.2, 0) is 14.3 Å². The molecule has 1 atom stereocenters. The normalized spacial score (nSPS) is 15.9. The maximum Gasteiger partial charge on any atom is 0.329 e. The molecule has 152 valence electrons. The average Bonchev–Trinajstić information content (AvgIpc) is 2.72. The van der Waals surface area contributed by atoms with Crippen molar-refractivity contribution in [2.24, 2.45) is 17.6 Å². The second kappa shape index (κ2) is 8.86. The lowest BCUT2D eigenvalue weighted by Crippen LogP contribution is -2.39. The van der Waals surface area contributed by atoms with E-state index >= 15 is 0 Å². The van der Waals surface area contributed by atoms with E-state index in [2.05, 4.69) is 4.98 Å². The van der Waals surface area contributed by atoms with Crippen LogP contribution in [0.5, 0.6) is 0 Å². The molecule has 3 rings (SSSR count). The van der Waals surface area contributed by atoms with Crippen LogP contribution in [0.1, 0.15) is 38.3 Å². The van der Waals surface area contributed by atoms with E-state index in [4.69, 9.17) is 15.5 Å². The topological polar surface area (TPSA) is 122 Å². The quantitative estimate of drug-likeness (QED) is 0.743. The van der Waals surface area contributed by atoms with Crippen LogP contribution < -0.4 is 10.6 Å². The second-order valence-electron chi connectivity index (χ2n) is 7.67. The Morgan fingerprint density at radius 2 is 1.86 bits per heavy atom. The van der Waals surface area contributed by atoms with Gasteiger partial charge in [0, 0.05) is 19.0 Å². The summed E-state index contributed by atoms with van der Waals surface area (Å²) in [4.78, 5) is 35.4. The summed E-state index contributed by atoms with van der Waals surface area (Å²) in [5.74, 6) is -1.63. The van der Waals surface area contributed by atoms with E-state index in [1.807, 2.05) is 43.0 Å². The molecule has 1 fully saturated rings. The number of benzene rings is 1. The molecular weight excluding hydrogens is 370 g/mol. The molecule has 2 heterocycles. The molecule has 1 saturated heterocycles. The Hall–Kier alpha value is -3.21. The number of hydrogen-bond acceptors (Lipinski definition) is 7. The predicted octanol–water partition coefficient (Wildman–Crippen LogP) is 2.14. The fraction of sp³-hybridized carbons (Fsp3) is 0.476. The number of rotatable bonds is 6. The van der Waals surface area contributed by atoms with Gasteiger partial charge in [-0.2, -0.15) is 5.26 Å². The number of carbonyl (C=O) groups excluding carboxylic acids is 2. The van der Waals surface area contributed by atoms with Crippen LogP contribution in [0.25, 0.3) is 11.0 Å². The van der Waals surface area contributed by atoms with Gasteiger partial charge in [-0.3, -0.25) is 9.59 Å². The lowest BCUT2D eigenvalue weighted by molar-refractivity contribution is -0.145. The number of nitrogens with two attached hydrogens (primary N) is 1. The molecular formula is C21H25N5O3. The zero-order chi connectivity index (χ0) is 21.0. The van der Waals surface area contributed by atoms with Crippen molar-refractivity contribution in [2.75, 3.05) is 24.6 Å². The monoisotopic (exact) mass is 395 g/mol. The number of ether oxygens (including phenoxy) is 1. The number of esters is 1. The van der Waals surface area contributed by atoms with Crippen LogP contribution in [0, 0.1) is 23.2 Å². The maximum absolute atomic E-state index is 12.6. The molecule has 1 aliphatic rings. The number of piperidine rings is 1. The van der Waals surface area contributed by atoms with Crippen LogP contribution in [0.2, 0.25) is 0 Å². The van der Waals surface area contributed by atoms with Gasteiger partial charge in [0.1, 0.15) is 5.69 Å². The van der Waals surface area contributed by atoms with Gasteiger partial charge in [0.15, 0.2) is 11.7 Å². The molecule has 8 nitrogen and oxygen atoms in total. The van der Waals surface area contributed by atoms with Crippen LogP contribution in [-0.4, -0.2) is 41.5 Å². The van der Waals surface area contributed by atoms with E-state index < -0.39 is 11.9 Å². The van der Waals surface area contributed by atoms with Gasteiger partial charge < -0.3 is 15.4 Å². The summed E-state index contributed by atoms with van der Waals surface area (Å²) < 4.78 is 5.30. The highest BCUT2D eigenvalue weighted by atomic mass is 16.5. The van der Waals surface area contributed by atoms with Crippen molar-refractivity contribution in [3.05, 3.63) is 30.0 Å². The van der Waals surface area contributed by atoms with E-state index in [1.165, 1.54) is 0 Å². The van der Waals surface area contributed by atoms with Crippen LogP contribution in [0.4, 0.5) is 5.82 Å². The highest BCUT2D eigenvalue weighted by molar-refractivity contribution is 5.85. The van der Waals surface area contributed by atoms with Crippen molar-refractivity contribution >= 4 is 28.7 Å². The maximum atomic E-state index is 12.6. The molecule has 1 aromatic carbocycles. The number of hydrogen-bond donors (Lipinski definition) is 1. The minimum Gasteiger partial charge on any atom is -0.464 e. The Labute approximate surface area is 169 Å². The minimum absolute atomic E-state index is 0.160. The number of fused-ring (bicyclic) bond motifs is 1. The van der Waals surface area contributed by atoms with E-state index in [0.29, 0.717) is 42.8 Å². The average molecular weight is 395 g/mol. The molecule has 29 heavy (non-hydrogen) atoms. The summed E-state index contributed by atoms with van der Waals surface area (Å²) in [6.07, 6.45) is 1.19. The summed E-state index contributed by atoms with van der Waals surface area (Å²) in [6.45, 7) is 5.19. The third-order valence-corrected chi connectivity index (χ3v) is 4.97. The van der Waals surface area contributed by atoms with Gasteiger partial charge in [-0.05, 0) is 30.9 Å². The van der Waals surface area contributed by atoms with E-state index in [9.17, 15) is 14.9 Å². The molecule has 1 aliphatic heterocycles. The van der Waals surface area contributed by atoms with Crippen LogP contribution >= 0.6 is 0 Å². The molecule has 0 bridgehead atoms. The van der Waals surface area contributed by atoms with Gasteiger partial charge in [-0.15, -0.1) is 0 Å². The summed E-state index contributed by atoms with van der Waals surface area (Å²) in [5.41, 5.74) is 7.01. The molecule has 1 amide bonds. The van der Waals surface area contributed by atoms with Gasteiger partial charge in [0.2, 0.25) is 5.91 Å². The Bertz CT molecular complexity index is 945. The van der Waals surface area contributed by atoms with Gasteiger partial charge in [0.05, 0.1) is 23.7 Å². The van der Waals surface area contributed by atoms with Crippen molar-refractivity contribution in [3.8, 4) is 6.07 Å². The van der Waals surface area contributed by atoms with Gasteiger partial charge in [-0.1, -0.05) is 26.0 Å². The first-order chi connectivity index (χ1) is 13.9. The Morgan fingerprint density at radius 3 is 2.41 bits per heavy atom. The first-order valence-electron chi connectivity index (χ1n) is 9.78. The number of nitrogens with zero attached hydrogens (tertiary/aromatic N) is 4. The molecule has 2 N–H and O–H groups in total. The second-order valence-corrected chi connectivity index (χ2v) is 7.67. The number of para-hydroxylation sites is 2. The standard InChI is InChI=1S/C21H25N5O3/c1-13(2)12-29-21(28)15(11-22)18-20(25-17-6-4-3-5-16(17)24-18)26-9-7-14(8-10-26)19(23)27/h3-6,13-15H,7-10,12H2,1-2H3,(H2,23,27)/t15-/m0/s1. The van der Waals surface area contributed by atoms with Crippen LogP contribution in [0.3, 0.4) is 0 Å². The smallest absolute Gasteiger partial charge is 0.329 e. The van der Waals surface area contributed by atoms with Crippen molar-refractivity contribution in [1.82, 2.24) is 9.97 Å². The summed E-state index contributed by atoms with van der Waals surface area (Å²) >= 11 is 0. The number of aromatic nitrogens is 2. The lowest BCUT2D eigenvalue weighted by atomic mass is 9.95. The largest absolute Gasteiger partial charge is 0.464 e. The van der Waals surface area contributed by atoms with Gasteiger partial charge in [-0.25, -0.2) is 9.97 Å². The molecule has 0 spiro atoms. The molecule has 8 heteroatoms. The van der Waals surface area contributed by atoms with Crippen molar-refractivity contribution in [2.45, 2.75) is 32.6 Å². The fourth-order valence-corrected chi connectivity index (χ4v) is 3.36. The first-order valence-corrected chi connectivity index (χ1v) is 9.78. The van der Waals surface area contributed by atoms with E-state index in [0.717, 1.165) is 0 Å². The molecule has 2 aromatic rings. The number of nitriles is 1. The SMILES string of the molecule is CC(C)COC(=O)[C@@H](C#N)c1nc2ccccc2nc1N1CCC(C(N)=O)CC1. The molecule has 0 unspecified atom stereocenters. The third kappa shape index (κ3) is 4.62. The number of anilines is 1. The summed E-state index contributed by atoms with van der Waals surface area (Å²) in [7, 11) is 0. The number of carbonyl (C=O) groups is 2. The lowest BCUT2D eigenvalue weighted by Gasteiger charge is -2.32. The molecule has 1 aromatic heterocycles. The highest BCUT2D eigenvalue weighted by Crippen LogP contribution is 2.30. The highest BCUT2D eigenvalue weighted by Gasteiger charge is 2.32. The van der Waals surface area contributed by atoms with Crippen molar-refractivity contribution in [1.29, 1.82) is 5.26 Å². The third-order valence-electron chi connectivity index (χ3n) is 4.97.